The molecule has 0 aromatic heterocycles. The maximum absolute atomic E-state index is 9.03. The van der Waals surface area contributed by atoms with E-state index >= 15 is 0 Å². The van der Waals surface area contributed by atoms with Crippen molar-refractivity contribution in [3.63, 3.8) is 0 Å². The molecule has 0 unspecified atom stereocenters. The molecule has 0 radical (unpaired) electrons. The summed E-state index contributed by atoms with van der Waals surface area (Å²) < 4.78 is 0. The van der Waals surface area contributed by atoms with Crippen molar-refractivity contribution in [1.82, 2.24) is 0 Å². The van der Waals surface area contributed by atoms with E-state index in [0.717, 1.165) is 42.4 Å². The second-order valence-corrected chi connectivity index (χ2v) is 8.95. The summed E-state index contributed by atoms with van der Waals surface area (Å²) in [6.07, 6.45) is 16.7. The molecule has 0 atom stereocenters. The summed E-state index contributed by atoms with van der Waals surface area (Å²) in [6.45, 7) is 7.12. The Labute approximate surface area is 139 Å². The van der Waals surface area contributed by atoms with Gasteiger partial charge in [0, 0.05) is 0 Å². The monoisotopic (exact) mass is 308 g/mol. The van der Waals surface area contributed by atoms with Crippen LogP contribution < -0.4 is 0 Å². The van der Waals surface area contributed by atoms with Gasteiger partial charge in [-0.15, -0.1) is 0 Å². The zero-order chi connectivity index (χ0) is 15.9. The molecule has 0 bridgehead atoms. The average molecular weight is 309 g/mol. The van der Waals surface area contributed by atoms with Gasteiger partial charge in [0.15, 0.2) is 0 Å². The molecule has 3 aliphatic carbocycles. The Morgan fingerprint density at radius 3 is 1.00 bits per heavy atom. The number of aliphatic hydroxyl groups excluding tert-OH is 1. The van der Waals surface area contributed by atoms with Crippen LogP contribution in [0.5, 0.6) is 0 Å². The summed E-state index contributed by atoms with van der Waals surface area (Å²) in [4.78, 5) is 0. The van der Waals surface area contributed by atoms with Crippen LogP contribution in [-0.2, 0) is 0 Å². The summed E-state index contributed by atoms with van der Waals surface area (Å²) in [5, 5.41) is 9.03. The van der Waals surface area contributed by atoms with Crippen LogP contribution in [0.25, 0.3) is 0 Å². The van der Waals surface area contributed by atoms with Gasteiger partial charge >= 0.3 is 0 Å². The standard InChI is InChI=1S/C14H26.C7H14O/c1-11-3-7-13(8-4-11)14-9-5-12(2)6-10-14;1-6-2-4-7(8)5-3-6/h11-14H,3-10H2,1-2H3;6-8H,2-5H2,1H3. The van der Waals surface area contributed by atoms with Crippen LogP contribution in [0.1, 0.15) is 97.8 Å². The van der Waals surface area contributed by atoms with Crippen molar-refractivity contribution < 1.29 is 5.11 Å². The summed E-state index contributed by atoms with van der Waals surface area (Å²) in [5.74, 6) is 5.12. The Morgan fingerprint density at radius 2 is 0.727 bits per heavy atom. The Balaban J connectivity index is 0.000000188. The van der Waals surface area contributed by atoms with Crippen LogP contribution in [0, 0.1) is 29.6 Å². The first-order valence-corrected chi connectivity index (χ1v) is 10.2. The number of aliphatic hydroxyl groups is 1. The molecule has 0 amide bonds. The van der Waals surface area contributed by atoms with Crippen molar-refractivity contribution in [1.29, 1.82) is 0 Å². The topological polar surface area (TPSA) is 20.2 Å². The second-order valence-electron chi connectivity index (χ2n) is 8.95. The van der Waals surface area contributed by atoms with E-state index in [1.807, 2.05) is 0 Å². The van der Waals surface area contributed by atoms with Crippen LogP contribution in [0.15, 0.2) is 0 Å². The smallest absolute Gasteiger partial charge is 0.0540 e. The summed E-state index contributed by atoms with van der Waals surface area (Å²) in [6, 6.07) is 0. The van der Waals surface area contributed by atoms with Crippen molar-refractivity contribution in [2.75, 3.05) is 0 Å². The van der Waals surface area contributed by atoms with E-state index in [2.05, 4.69) is 20.8 Å². The maximum atomic E-state index is 9.03. The van der Waals surface area contributed by atoms with Gasteiger partial charge in [-0.2, -0.15) is 0 Å². The minimum absolute atomic E-state index is 0.0196. The Bertz CT molecular complexity index is 246. The fourth-order valence-electron chi connectivity index (χ4n) is 4.76. The van der Waals surface area contributed by atoms with Crippen LogP contribution in [0.3, 0.4) is 0 Å². The average Bonchev–Trinajstić information content (AvgIpc) is 2.53. The van der Waals surface area contributed by atoms with Gasteiger partial charge in [0.2, 0.25) is 0 Å². The molecular formula is C21H40O. The summed E-state index contributed by atoms with van der Waals surface area (Å²) in [7, 11) is 0. The molecule has 0 heterocycles. The minimum Gasteiger partial charge on any atom is -0.393 e. The Morgan fingerprint density at radius 1 is 0.455 bits per heavy atom. The molecule has 0 aromatic carbocycles. The van der Waals surface area contributed by atoms with Gasteiger partial charge in [-0.05, 0) is 81.0 Å². The van der Waals surface area contributed by atoms with E-state index < -0.39 is 0 Å². The highest BCUT2D eigenvalue weighted by molar-refractivity contribution is 4.80. The normalized spacial score (nSPS) is 43.1. The third-order valence-electron chi connectivity index (χ3n) is 6.77. The van der Waals surface area contributed by atoms with Crippen molar-refractivity contribution in [2.45, 2.75) is 104 Å². The van der Waals surface area contributed by atoms with Crippen LogP contribution >= 0.6 is 0 Å². The highest BCUT2D eigenvalue weighted by Crippen LogP contribution is 2.40. The highest BCUT2D eigenvalue weighted by Gasteiger charge is 2.28. The van der Waals surface area contributed by atoms with Crippen LogP contribution in [-0.4, -0.2) is 11.2 Å². The van der Waals surface area contributed by atoms with Gasteiger partial charge in [-0.3, -0.25) is 0 Å². The van der Waals surface area contributed by atoms with E-state index in [4.69, 9.17) is 5.11 Å². The number of hydrogen-bond donors (Lipinski definition) is 1. The first-order valence-electron chi connectivity index (χ1n) is 10.2. The molecule has 3 rings (SSSR count). The van der Waals surface area contributed by atoms with Gasteiger partial charge in [0.05, 0.1) is 6.10 Å². The molecule has 0 aromatic rings. The SMILES string of the molecule is CC1CCC(C2CCC(C)CC2)CC1.CC1CCC(O)CC1. The molecule has 0 spiro atoms. The molecule has 3 aliphatic rings. The molecule has 1 nitrogen and oxygen atoms in total. The van der Waals surface area contributed by atoms with E-state index in [1.165, 1.54) is 38.5 Å². The molecule has 0 saturated heterocycles. The maximum Gasteiger partial charge on any atom is 0.0540 e. The lowest BCUT2D eigenvalue weighted by Gasteiger charge is -2.36. The van der Waals surface area contributed by atoms with Gasteiger partial charge in [-0.1, -0.05) is 46.5 Å². The van der Waals surface area contributed by atoms with Gasteiger partial charge in [0.25, 0.3) is 0 Å². The first-order chi connectivity index (χ1) is 10.5. The zero-order valence-electron chi connectivity index (χ0n) is 15.4. The minimum atomic E-state index is 0.0196. The van der Waals surface area contributed by atoms with E-state index in [9.17, 15) is 0 Å². The molecule has 3 saturated carbocycles. The van der Waals surface area contributed by atoms with Gasteiger partial charge < -0.3 is 5.11 Å². The third-order valence-corrected chi connectivity index (χ3v) is 6.77. The quantitative estimate of drug-likeness (QED) is 0.611. The van der Waals surface area contributed by atoms with Crippen molar-refractivity contribution in [2.24, 2.45) is 29.6 Å². The van der Waals surface area contributed by atoms with Crippen LogP contribution in [0.2, 0.25) is 0 Å². The molecular weight excluding hydrogens is 268 g/mol. The predicted octanol–water partition coefficient (Wildman–Crippen LogP) is 6.20. The zero-order valence-corrected chi connectivity index (χ0v) is 15.4. The second kappa shape index (κ2) is 9.30. The highest BCUT2D eigenvalue weighted by atomic mass is 16.3. The van der Waals surface area contributed by atoms with E-state index in [0.29, 0.717) is 0 Å². The van der Waals surface area contributed by atoms with Crippen molar-refractivity contribution >= 4 is 0 Å². The van der Waals surface area contributed by atoms with Gasteiger partial charge in [0.1, 0.15) is 0 Å². The Kier molecular flexibility index (Phi) is 7.74. The van der Waals surface area contributed by atoms with Gasteiger partial charge in [-0.25, -0.2) is 0 Å². The summed E-state index contributed by atoms with van der Waals surface area (Å²) in [5.41, 5.74) is 0. The number of hydrogen-bond acceptors (Lipinski definition) is 1. The largest absolute Gasteiger partial charge is 0.393 e. The molecule has 3 fully saturated rings. The lowest BCUT2D eigenvalue weighted by Crippen LogP contribution is -2.24. The molecule has 0 aliphatic heterocycles. The first kappa shape index (κ1) is 18.3. The van der Waals surface area contributed by atoms with Crippen LogP contribution in [0.4, 0.5) is 0 Å². The molecule has 1 N–H and O–H groups in total. The molecule has 22 heavy (non-hydrogen) atoms. The lowest BCUT2D eigenvalue weighted by molar-refractivity contribution is 0.112. The Hall–Kier alpha value is -0.0400. The van der Waals surface area contributed by atoms with Crippen molar-refractivity contribution in [3.8, 4) is 0 Å². The van der Waals surface area contributed by atoms with E-state index in [-0.39, 0.29) is 6.10 Å². The predicted molar refractivity (Wildman–Crippen MR) is 95.9 cm³/mol. The third kappa shape index (κ3) is 6.22. The summed E-state index contributed by atoms with van der Waals surface area (Å²) >= 11 is 0. The molecule has 130 valence electrons. The fourth-order valence-corrected chi connectivity index (χ4v) is 4.76. The van der Waals surface area contributed by atoms with E-state index in [1.54, 1.807) is 25.7 Å². The molecule has 1 heteroatoms. The fraction of sp³-hybridized carbons (Fsp3) is 1.00. The van der Waals surface area contributed by atoms with Crippen molar-refractivity contribution in [3.05, 3.63) is 0 Å². The number of rotatable bonds is 1. The lowest BCUT2D eigenvalue weighted by atomic mass is 9.70.